The van der Waals surface area contributed by atoms with E-state index < -0.39 is 12.2 Å². The number of aliphatic hydroxyl groups excluding tert-OH is 1. The van der Waals surface area contributed by atoms with Gasteiger partial charge in [0.25, 0.3) is 0 Å². The van der Waals surface area contributed by atoms with Crippen molar-refractivity contribution in [1.82, 2.24) is 20.1 Å². The number of fused-ring (bicyclic) bond motifs is 1. The summed E-state index contributed by atoms with van der Waals surface area (Å²) >= 11 is 0. The number of H-pyrrole nitrogens is 1. The van der Waals surface area contributed by atoms with E-state index in [1.54, 1.807) is 12.1 Å². The van der Waals surface area contributed by atoms with Gasteiger partial charge in [0.2, 0.25) is 11.5 Å². The quantitative estimate of drug-likeness (QED) is 0.0883. The van der Waals surface area contributed by atoms with Gasteiger partial charge in [-0.1, -0.05) is 61.0 Å². The van der Waals surface area contributed by atoms with Gasteiger partial charge in [0.1, 0.15) is 11.9 Å². The molecule has 3 aromatic carbocycles. The number of carbonyl (C=O) groups excluding carboxylic acids is 2. The number of benzene rings is 3. The van der Waals surface area contributed by atoms with Crippen molar-refractivity contribution in [1.29, 1.82) is 0 Å². The van der Waals surface area contributed by atoms with Gasteiger partial charge in [0, 0.05) is 56.2 Å². The average Bonchev–Trinajstić information content (AvgIpc) is 3.18. The van der Waals surface area contributed by atoms with E-state index >= 15 is 0 Å². The molecule has 4 aromatic rings. The zero-order valence-electron chi connectivity index (χ0n) is 30.5. The SMILES string of the molecule is O=C(Nc1ccccc1-c1ccccc1)OC1CCN(CCC2CCN(C(=O)CCCCCNC[C@@H](O)c3ccc(O)c4[nH]c(=O)ccc34)CC2)CC1. The predicted octanol–water partition coefficient (Wildman–Crippen LogP) is 6.43. The second-order valence-electron chi connectivity index (χ2n) is 14.4. The van der Waals surface area contributed by atoms with Gasteiger partial charge in [0.15, 0.2) is 0 Å². The van der Waals surface area contributed by atoms with Gasteiger partial charge in [-0.2, -0.15) is 0 Å². The van der Waals surface area contributed by atoms with Gasteiger partial charge >= 0.3 is 6.09 Å². The van der Waals surface area contributed by atoms with Crippen LogP contribution >= 0.6 is 0 Å². The fourth-order valence-electron chi connectivity index (χ4n) is 7.60. The number of aromatic amines is 1. The summed E-state index contributed by atoms with van der Waals surface area (Å²) in [4.78, 5) is 44.4. The molecule has 0 bridgehead atoms. The molecule has 1 aromatic heterocycles. The van der Waals surface area contributed by atoms with E-state index in [1.807, 2.05) is 59.5 Å². The number of hydrogen-bond acceptors (Lipinski definition) is 8. The number of unbranched alkanes of at least 4 members (excludes halogenated alkanes) is 2. The second-order valence-corrected chi connectivity index (χ2v) is 14.4. The highest BCUT2D eigenvalue weighted by Gasteiger charge is 2.26. The summed E-state index contributed by atoms with van der Waals surface area (Å²) in [5, 5.41) is 27.7. The molecule has 11 nitrogen and oxygen atoms in total. The number of ether oxygens (including phenoxy) is 1. The molecule has 53 heavy (non-hydrogen) atoms. The minimum absolute atomic E-state index is 0.0261. The van der Waals surface area contributed by atoms with E-state index in [0.29, 0.717) is 35.3 Å². The minimum atomic E-state index is -0.782. The molecular formula is C42H53N5O6. The first-order valence-electron chi connectivity index (χ1n) is 19.2. The molecule has 2 fully saturated rings. The summed E-state index contributed by atoms with van der Waals surface area (Å²) in [6, 6.07) is 24.0. The van der Waals surface area contributed by atoms with Crippen LogP contribution in [0.5, 0.6) is 5.75 Å². The summed E-state index contributed by atoms with van der Waals surface area (Å²) in [6.07, 6.45) is 6.89. The summed E-state index contributed by atoms with van der Waals surface area (Å²) in [5.41, 5.74) is 3.42. The van der Waals surface area contributed by atoms with Gasteiger partial charge in [-0.15, -0.1) is 0 Å². The lowest BCUT2D eigenvalue weighted by atomic mass is 9.92. The molecule has 2 aliphatic rings. The first-order valence-corrected chi connectivity index (χ1v) is 19.2. The number of anilines is 1. The smallest absolute Gasteiger partial charge is 0.411 e. The maximum atomic E-state index is 12.9. The van der Waals surface area contributed by atoms with Crippen molar-refractivity contribution in [3.05, 3.63) is 94.8 Å². The predicted molar refractivity (Wildman–Crippen MR) is 208 cm³/mol. The van der Waals surface area contributed by atoms with Crippen molar-refractivity contribution >= 4 is 28.6 Å². The van der Waals surface area contributed by atoms with Crippen LogP contribution in [0.1, 0.15) is 69.5 Å². The Bertz CT molecular complexity index is 1850. The van der Waals surface area contributed by atoms with Crippen molar-refractivity contribution in [3.63, 3.8) is 0 Å². The summed E-state index contributed by atoms with van der Waals surface area (Å²) in [6.45, 7) is 5.63. The Kier molecular flexibility index (Phi) is 13.5. The maximum Gasteiger partial charge on any atom is 0.411 e. The summed E-state index contributed by atoms with van der Waals surface area (Å²) in [5.74, 6) is 0.854. The number of aromatic nitrogens is 1. The number of phenolic OH excluding ortho intramolecular Hbond substituents is 1. The number of likely N-dealkylation sites (tertiary alicyclic amines) is 2. The Morgan fingerprint density at radius 1 is 0.868 bits per heavy atom. The zero-order valence-corrected chi connectivity index (χ0v) is 30.5. The Morgan fingerprint density at radius 3 is 2.42 bits per heavy atom. The summed E-state index contributed by atoms with van der Waals surface area (Å²) < 4.78 is 5.82. The largest absolute Gasteiger partial charge is 0.506 e. The number of phenols is 1. The van der Waals surface area contributed by atoms with Crippen molar-refractivity contribution in [2.45, 2.75) is 70.0 Å². The van der Waals surface area contributed by atoms with E-state index in [9.17, 15) is 24.6 Å². The van der Waals surface area contributed by atoms with E-state index in [4.69, 9.17) is 4.74 Å². The van der Waals surface area contributed by atoms with E-state index in [1.165, 1.54) is 12.1 Å². The monoisotopic (exact) mass is 723 g/mol. The molecule has 1 atom stereocenters. The first kappa shape index (κ1) is 38.0. The van der Waals surface area contributed by atoms with Crippen molar-refractivity contribution in [2.75, 3.05) is 51.1 Å². The van der Waals surface area contributed by atoms with Crippen LogP contribution < -0.4 is 16.2 Å². The molecule has 0 spiro atoms. The second kappa shape index (κ2) is 18.9. The highest BCUT2D eigenvalue weighted by molar-refractivity contribution is 5.91. The Hall–Kier alpha value is -4.71. The number of aromatic hydroxyl groups is 1. The van der Waals surface area contributed by atoms with Crippen molar-refractivity contribution in [3.8, 4) is 16.9 Å². The van der Waals surface area contributed by atoms with Crippen LogP contribution in [-0.4, -0.2) is 88.9 Å². The zero-order chi connectivity index (χ0) is 37.0. The number of rotatable bonds is 15. The molecule has 11 heteroatoms. The number of carbonyl (C=O) groups is 2. The highest BCUT2D eigenvalue weighted by atomic mass is 16.6. The average molecular weight is 724 g/mol. The number of aliphatic hydroxyl groups is 1. The Morgan fingerprint density at radius 2 is 1.62 bits per heavy atom. The fourth-order valence-corrected chi connectivity index (χ4v) is 7.60. The number of nitrogens with zero attached hydrogens (tertiary/aromatic N) is 2. The van der Waals surface area contributed by atoms with Gasteiger partial charge in [-0.05, 0) is 93.3 Å². The number of piperidine rings is 2. The lowest BCUT2D eigenvalue weighted by molar-refractivity contribution is -0.132. The van der Waals surface area contributed by atoms with E-state index in [2.05, 4.69) is 20.5 Å². The molecular weight excluding hydrogens is 670 g/mol. The number of para-hydroxylation sites is 1. The van der Waals surface area contributed by atoms with Crippen LogP contribution in [0.15, 0.2) is 83.7 Å². The van der Waals surface area contributed by atoms with Crippen molar-refractivity contribution < 1.29 is 24.5 Å². The maximum absolute atomic E-state index is 12.9. The lowest BCUT2D eigenvalue weighted by Crippen LogP contribution is -2.41. The van der Waals surface area contributed by atoms with Crippen LogP contribution in [0, 0.1) is 5.92 Å². The number of nitrogens with one attached hydrogen (secondary N) is 3. The molecule has 0 aliphatic carbocycles. The van der Waals surface area contributed by atoms with Crippen molar-refractivity contribution in [2.24, 2.45) is 5.92 Å². The summed E-state index contributed by atoms with van der Waals surface area (Å²) in [7, 11) is 0. The molecule has 0 saturated carbocycles. The highest BCUT2D eigenvalue weighted by Crippen LogP contribution is 2.30. The van der Waals surface area contributed by atoms with E-state index in [0.717, 1.165) is 107 Å². The van der Waals surface area contributed by atoms with Crippen LogP contribution in [-0.2, 0) is 9.53 Å². The van der Waals surface area contributed by atoms with Gasteiger partial charge < -0.3 is 35.1 Å². The number of amides is 2. The lowest BCUT2D eigenvalue weighted by Gasteiger charge is -2.35. The third kappa shape index (κ3) is 10.7. The minimum Gasteiger partial charge on any atom is -0.506 e. The topological polar surface area (TPSA) is 147 Å². The molecule has 2 aliphatic heterocycles. The molecule has 3 heterocycles. The molecule has 0 unspecified atom stereocenters. The van der Waals surface area contributed by atoms with Crippen LogP contribution in [0.25, 0.3) is 22.0 Å². The first-order chi connectivity index (χ1) is 25.8. The number of pyridine rings is 1. The number of hydrogen-bond donors (Lipinski definition) is 5. The normalized spacial score (nSPS) is 16.4. The molecule has 6 rings (SSSR count). The molecule has 2 amide bonds. The van der Waals surface area contributed by atoms with Gasteiger partial charge in [-0.25, -0.2) is 4.79 Å². The third-order valence-electron chi connectivity index (χ3n) is 10.7. The third-order valence-corrected chi connectivity index (χ3v) is 10.7. The standard InChI is InChI=1S/C42H53N5O6/c48-37-16-14-34(35-15-17-39(50)45-41(35)37)38(49)29-43-23-8-2-5-13-40(51)47-27-19-30(20-28-47)18-24-46-25-21-32(22-26-46)53-42(52)44-36-12-7-6-11-33(36)31-9-3-1-4-10-31/h1,3-4,6-7,9-12,14-17,30,32,38,43,48-49H,2,5,8,13,18-29H2,(H,44,52)(H,45,50)/t38-/m1/s1. The molecule has 0 radical (unpaired) electrons. The Labute approximate surface area is 311 Å². The van der Waals surface area contributed by atoms with Gasteiger partial charge in [0.05, 0.1) is 17.3 Å². The molecule has 282 valence electrons. The van der Waals surface area contributed by atoms with Crippen LogP contribution in [0.4, 0.5) is 10.5 Å². The van der Waals surface area contributed by atoms with Crippen LogP contribution in [0.3, 0.4) is 0 Å². The fraction of sp³-hybridized carbons (Fsp3) is 0.452. The Balaban J connectivity index is 0.798. The molecule has 5 N–H and O–H groups in total. The molecule has 2 saturated heterocycles. The van der Waals surface area contributed by atoms with E-state index in [-0.39, 0.29) is 23.3 Å². The van der Waals surface area contributed by atoms with Crippen LogP contribution in [0.2, 0.25) is 0 Å². The van der Waals surface area contributed by atoms with Gasteiger partial charge in [-0.3, -0.25) is 14.9 Å².